The summed E-state index contributed by atoms with van der Waals surface area (Å²) in [6.45, 7) is 0.229. The van der Waals surface area contributed by atoms with Crippen molar-refractivity contribution in [3.05, 3.63) is 35.9 Å². The number of ether oxygens (including phenoxy) is 2. The average molecular weight is 281 g/mol. The van der Waals surface area contributed by atoms with Gasteiger partial charge < -0.3 is 19.5 Å². The molecule has 1 aromatic carbocycles. The van der Waals surface area contributed by atoms with Crippen molar-refractivity contribution < 1.29 is 24.2 Å². The van der Waals surface area contributed by atoms with Gasteiger partial charge in [0, 0.05) is 13.1 Å². The van der Waals surface area contributed by atoms with Gasteiger partial charge >= 0.3 is 12.1 Å². The van der Waals surface area contributed by atoms with E-state index in [0.29, 0.717) is 0 Å². The van der Waals surface area contributed by atoms with E-state index in [9.17, 15) is 9.59 Å². The summed E-state index contributed by atoms with van der Waals surface area (Å²) in [5.41, 5.74) is 0.873. The Hall–Kier alpha value is -2.08. The molecule has 1 rings (SSSR count). The van der Waals surface area contributed by atoms with Gasteiger partial charge in [-0.2, -0.15) is 0 Å². The smallest absolute Gasteiger partial charge is 0.410 e. The van der Waals surface area contributed by atoms with Crippen molar-refractivity contribution in [3.8, 4) is 0 Å². The molecule has 0 saturated carbocycles. The van der Waals surface area contributed by atoms with Crippen molar-refractivity contribution in [1.82, 2.24) is 4.90 Å². The van der Waals surface area contributed by atoms with Crippen LogP contribution >= 0.6 is 0 Å². The maximum Gasteiger partial charge on any atom is 0.410 e. The van der Waals surface area contributed by atoms with Gasteiger partial charge in [0.15, 0.2) is 0 Å². The number of rotatable bonds is 7. The highest BCUT2D eigenvalue weighted by atomic mass is 16.6. The van der Waals surface area contributed by atoms with Crippen LogP contribution in [0.15, 0.2) is 30.3 Å². The number of carbonyl (C=O) groups excluding carboxylic acids is 2. The minimum Gasteiger partial charge on any atom is -0.469 e. The lowest BCUT2D eigenvalue weighted by molar-refractivity contribution is -0.140. The van der Waals surface area contributed by atoms with E-state index >= 15 is 0 Å². The summed E-state index contributed by atoms with van der Waals surface area (Å²) in [5, 5.41) is 8.93. The first-order valence-corrected chi connectivity index (χ1v) is 6.30. The third kappa shape index (κ3) is 5.71. The van der Waals surface area contributed by atoms with Crippen LogP contribution in [0, 0.1) is 0 Å². The molecule has 6 heteroatoms. The van der Waals surface area contributed by atoms with Gasteiger partial charge in [0.05, 0.1) is 20.1 Å². The third-order valence-electron chi connectivity index (χ3n) is 2.65. The maximum atomic E-state index is 11.8. The van der Waals surface area contributed by atoms with Crippen molar-refractivity contribution in [2.75, 3.05) is 26.8 Å². The monoisotopic (exact) mass is 281 g/mol. The van der Waals surface area contributed by atoms with Crippen molar-refractivity contribution in [2.24, 2.45) is 0 Å². The Morgan fingerprint density at radius 3 is 2.50 bits per heavy atom. The van der Waals surface area contributed by atoms with E-state index in [2.05, 4.69) is 4.74 Å². The topological polar surface area (TPSA) is 76.1 Å². The fraction of sp³-hybridized carbons (Fsp3) is 0.429. The average Bonchev–Trinajstić information content (AvgIpc) is 2.49. The summed E-state index contributed by atoms with van der Waals surface area (Å²) in [7, 11) is 1.28. The van der Waals surface area contributed by atoms with E-state index in [1.165, 1.54) is 12.0 Å². The summed E-state index contributed by atoms with van der Waals surface area (Å²) in [6.07, 6.45) is -0.497. The molecule has 110 valence electrons. The van der Waals surface area contributed by atoms with Crippen LogP contribution < -0.4 is 0 Å². The van der Waals surface area contributed by atoms with E-state index in [1.807, 2.05) is 30.3 Å². The molecule has 1 N–H and O–H groups in total. The second-order valence-electron chi connectivity index (χ2n) is 4.08. The number of esters is 1. The van der Waals surface area contributed by atoms with Crippen LogP contribution in [0.4, 0.5) is 4.79 Å². The number of benzene rings is 1. The van der Waals surface area contributed by atoms with Crippen LogP contribution in [0.3, 0.4) is 0 Å². The molecule has 0 heterocycles. The molecule has 0 saturated heterocycles. The van der Waals surface area contributed by atoms with E-state index in [4.69, 9.17) is 9.84 Å². The van der Waals surface area contributed by atoms with E-state index < -0.39 is 12.1 Å². The molecule has 0 aliphatic heterocycles. The molecule has 20 heavy (non-hydrogen) atoms. The fourth-order valence-electron chi connectivity index (χ4n) is 1.55. The van der Waals surface area contributed by atoms with Crippen molar-refractivity contribution in [1.29, 1.82) is 0 Å². The maximum absolute atomic E-state index is 11.8. The Morgan fingerprint density at radius 1 is 1.20 bits per heavy atom. The van der Waals surface area contributed by atoms with Gasteiger partial charge in [0.1, 0.15) is 6.61 Å². The molecule has 0 bridgehead atoms. The molecule has 0 spiro atoms. The second-order valence-corrected chi connectivity index (χ2v) is 4.08. The van der Waals surface area contributed by atoms with Crippen LogP contribution in [-0.2, 0) is 20.9 Å². The van der Waals surface area contributed by atoms with E-state index in [0.717, 1.165) is 5.56 Å². The Labute approximate surface area is 117 Å². The zero-order valence-corrected chi connectivity index (χ0v) is 11.4. The Kier molecular flexibility index (Phi) is 7.13. The lowest BCUT2D eigenvalue weighted by Crippen LogP contribution is -2.35. The largest absolute Gasteiger partial charge is 0.469 e. The minimum atomic E-state index is -0.563. The number of methoxy groups -OCH3 is 1. The molecule has 0 aromatic heterocycles. The minimum absolute atomic E-state index is 0.0664. The summed E-state index contributed by atoms with van der Waals surface area (Å²) < 4.78 is 9.64. The lowest BCUT2D eigenvalue weighted by Gasteiger charge is -2.20. The summed E-state index contributed by atoms with van der Waals surface area (Å²) in [6, 6.07) is 9.27. The van der Waals surface area contributed by atoms with Crippen molar-refractivity contribution >= 4 is 12.1 Å². The van der Waals surface area contributed by atoms with E-state index in [-0.39, 0.29) is 32.7 Å². The van der Waals surface area contributed by atoms with Crippen molar-refractivity contribution in [2.45, 2.75) is 13.0 Å². The van der Waals surface area contributed by atoms with Gasteiger partial charge in [-0.05, 0) is 5.56 Å². The number of aliphatic hydroxyl groups is 1. The molecule has 1 amide bonds. The summed E-state index contributed by atoms with van der Waals surface area (Å²) in [4.78, 5) is 24.2. The number of hydrogen-bond acceptors (Lipinski definition) is 5. The number of aliphatic hydroxyl groups excluding tert-OH is 1. The quantitative estimate of drug-likeness (QED) is 0.759. The molecule has 1 aromatic rings. The summed E-state index contributed by atoms with van der Waals surface area (Å²) in [5.74, 6) is -0.413. The van der Waals surface area contributed by atoms with Crippen LogP contribution in [0.1, 0.15) is 12.0 Å². The van der Waals surface area contributed by atoms with Gasteiger partial charge in [-0.15, -0.1) is 0 Å². The molecule has 6 nitrogen and oxygen atoms in total. The number of carbonyl (C=O) groups is 2. The first kappa shape index (κ1) is 16.0. The second kappa shape index (κ2) is 8.92. The van der Waals surface area contributed by atoms with Crippen LogP contribution in [-0.4, -0.2) is 48.9 Å². The van der Waals surface area contributed by atoms with Gasteiger partial charge in [0.25, 0.3) is 0 Å². The summed E-state index contributed by atoms with van der Waals surface area (Å²) >= 11 is 0. The highest BCUT2D eigenvalue weighted by molar-refractivity contribution is 5.71. The molecule has 0 aliphatic carbocycles. The SMILES string of the molecule is COC(=O)CCN(CCO)C(=O)OCc1ccccc1. The molecule has 0 radical (unpaired) electrons. The lowest BCUT2D eigenvalue weighted by atomic mass is 10.2. The molecular weight excluding hydrogens is 262 g/mol. The normalized spacial score (nSPS) is 9.90. The van der Waals surface area contributed by atoms with Gasteiger partial charge in [-0.3, -0.25) is 4.79 Å². The van der Waals surface area contributed by atoms with E-state index in [1.54, 1.807) is 0 Å². The highest BCUT2D eigenvalue weighted by Gasteiger charge is 2.16. The first-order valence-electron chi connectivity index (χ1n) is 6.30. The number of amides is 1. The Balaban J connectivity index is 2.44. The van der Waals surface area contributed by atoms with Crippen LogP contribution in [0.25, 0.3) is 0 Å². The zero-order valence-electron chi connectivity index (χ0n) is 11.4. The van der Waals surface area contributed by atoms with Crippen LogP contribution in [0.5, 0.6) is 0 Å². The number of hydrogen-bond donors (Lipinski definition) is 1. The fourth-order valence-corrected chi connectivity index (χ4v) is 1.55. The number of nitrogens with zero attached hydrogens (tertiary/aromatic N) is 1. The molecule has 0 aliphatic rings. The molecular formula is C14H19NO5. The molecule has 0 atom stereocenters. The molecule has 0 fully saturated rings. The Bertz CT molecular complexity index is 421. The predicted molar refractivity (Wildman–Crippen MR) is 71.9 cm³/mol. The molecule has 0 unspecified atom stereocenters. The van der Waals surface area contributed by atoms with Gasteiger partial charge in [-0.25, -0.2) is 4.79 Å². The standard InChI is InChI=1S/C14H19NO5/c1-19-13(17)7-8-15(9-10-16)14(18)20-11-12-5-3-2-4-6-12/h2-6,16H,7-11H2,1H3. The van der Waals surface area contributed by atoms with Gasteiger partial charge in [-0.1, -0.05) is 30.3 Å². The zero-order chi connectivity index (χ0) is 14.8. The van der Waals surface area contributed by atoms with Gasteiger partial charge in [0.2, 0.25) is 0 Å². The van der Waals surface area contributed by atoms with Crippen LogP contribution in [0.2, 0.25) is 0 Å². The Morgan fingerprint density at radius 2 is 1.90 bits per heavy atom. The predicted octanol–water partition coefficient (Wildman–Crippen LogP) is 1.18. The van der Waals surface area contributed by atoms with Crippen molar-refractivity contribution in [3.63, 3.8) is 0 Å². The highest BCUT2D eigenvalue weighted by Crippen LogP contribution is 2.04. The third-order valence-corrected chi connectivity index (χ3v) is 2.65. The first-order chi connectivity index (χ1) is 9.67.